The molecule has 0 unspecified atom stereocenters. The summed E-state index contributed by atoms with van der Waals surface area (Å²) >= 11 is 2.84. The highest BCUT2D eigenvalue weighted by Gasteiger charge is 2.19. The molecule has 2 N–H and O–H groups in total. The maximum atomic E-state index is 12.7. The Morgan fingerprint density at radius 2 is 1.83 bits per heavy atom. The molecule has 0 saturated carbocycles. The molecule has 1 heterocycles. The summed E-state index contributed by atoms with van der Waals surface area (Å²) in [4.78, 5) is 12.8. The van der Waals surface area contributed by atoms with E-state index in [2.05, 4.69) is 20.2 Å². The smallest absolute Gasteiger partial charge is 0.261 e. The quantitative estimate of drug-likeness (QED) is 0.412. The van der Waals surface area contributed by atoms with Crippen LogP contribution in [0.3, 0.4) is 0 Å². The Hall–Kier alpha value is -2.43. The summed E-state index contributed by atoms with van der Waals surface area (Å²) in [7, 11) is -3.76. The summed E-state index contributed by atoms with van der Waals surface area (Å²) < 4.78 is 28.7. The minimum Gasteiger partial charge on any atom is -0.296 e. The number of carbonyl (C=O) groups excluding carboxylic acids is 1. The van der Waals surface area contributed by atoms with Crippen molar-refractivity contribution in [1.82, 2.24) is 10.2 Å². The van der Waals surface area contributed by atoms with Crippen molar-refractivity contribution in [3.05, 3.63) is 59.2 Å². The van der Waals surface area contributed by atoms with Gasteiger partial charge < -0.3 is 0 Å². The van der Waals surface area contributed by atoms with Crippen LogP contribution in [0, 0.1) is 13.8 Å². The Bertz CT molecular complexity index is 1130. The molecule has 0 saturated heterocycles. The van der Waals surface area contributed by atoms with E-state index in [0.29, 0.717) is 21.9 Å². The summed E-state index contributed by atoms with van der Waals surface area (Å²) in [5.41, 5.74) is 2.19. The number of nitrogens with zero attached hydrogens (tertiary/aromatic N) is 2. The Morgan fingerprint density at radius 3 is 2.52 bits per heavy atom. The lowest BCUT2D eigenvalue weighted by molar-refractivity contribution is 0.102. The first-order valence-electron chi connectivity index (χ1n) is 8.77. The topological polar surface area (TPSA) is 101 Å². The van der Waals surface area contributed by atoms with Gasteiger partial charge in [-0.2, -0.15) is 0 Å². The van der Waals surface area contributed by atoms with Gasteiger partial charge >= 0.3 is 0 Å². The Kier molecular flexibility index (Phi) is 6.56. The van der Waals surface area contributed by atoms with Gasteiger partial charge in [-0.15, -0.1) is 10.2 Å². The van der Waals surface area contributed by atoms with Gasteiger partial charge in [-0.3, -0.25) is 14.8 Å². The van der Waals surface area contributed by atoms with Gasteiger partial charge in [-0.1, -0.05) is 53.8 Å². The highest BCUT2D eigenvalue weighted by molar-refractivity contribution is 8.01. The molecule has 0 atom stereocenters. The monoisotopic (exact) mass is 448 g/mol. The van der Waals surface area contributed by atoms with Crippen molar-refractivity contribution in [2.24, 2.45) is 0 Å². The van der Waals surface area contributed by atoms with Crippen LogP contribution in [0.25, 0.3) is 0 Å². The zero-order valence-electron chi connectivity index (χ0n) is 16.1. The lowest BCUT2D eigenvalue weighted by Crippen LogP contribution is -2.17. The number of carbonyl (C=O) groups is 1. The molecule has 10 heteroatoms. The molecule has 0 aliphatic carbocycles. The van der Waals surface area contributed by atoms with E-state index in [1.165, 1.54) is 11.3 Å². The molecule has 152 valence electrons. The summed E-state index contributed by atoms with van der Waals surface area (Å²) in [5.74, 6) is 0.494. The van der Waals surface area contributed by atoms with Crippen LogP contribution < -0.4 is 10.0 Å². The third-order valence-corrected chi connectivity index (χ3v) is 7.28. The van der Waals surface area contributed by atoms with E-state index in [4.69, 9.17) is 0 Å². The summed E-state index contributed by atoms with van der Waals surface area (Å²) in [6, 6.07) is 11.5. The summed E-state index contributed by atoms with van der Waals surface area (Å²) in [6.07, 6.45) is 0. The van der Waals surface area contributed by atoms with Gasteiger partial charge in [0.2, 0.25) is 5.13 Å². The first-order chi connectivity index (χ1) is 13.8. The second-order valence-electron chi connectivity index (χ2n) is 6.16. The molecule has 29 heavy (non-hydrogen) atoms. The number of thioether (sulfide) groups is 1. The molecule has 0 fully saturated rings. The van der Waals surface area contributed by atoms with Crippen molar-refractivity contribution in [3.8, 4) is 0 Å². The van der Waals surface area contributed by atoms with E-state index in [1.807, 2.05) is 13.8 Å². The fourth-order valence-corrected chi connectivity index (χ4v) is 5.29. The number of nitrogens with one attached hydrogen (secondary N) is 2. The maximum Gasteiger partial charge on any atom is 0.261 e. The van der Waals surface area contributed by atoms with Gasteiger partial charge in [0.05, 0.1) is 10.6 Å². The molecule has 0 spiro atoms. The third kappa shape index (κ3) is 5.14. The van der Waals surface area contributed by atoms with Crippen LogP contribution in [-0.4, -0.2) is 30.3 Å². The molecule has 0 radical (unpaired) electrons. The predicted molar refractivity (Wildman–Crippen MR) is 117 cm³/mol. The van der Waals surface area contributed by atoms with Crippen LogP contribution in [0.5, 0.6) is 0 Å². The van der Waals surface area contributed by atoms with Crippen LogP contribution >= 0.6 is 23.1 Å². The van der Waals surface area contributed by atoms with Crippen molar-refractivity contribution in [3.63, 3.8) is 0 Å². The van der Waals surface area contributed by atoms with Crippen LogP contribution in [-0.2, 0) is 10.0 Å². The van der Waals surface area contributed by atoms with Gasteiger partial charge in [0.15, 0.2) is 4.34 Å². The van der Waals surface area contributed by atoms with Gasteiger partial charge in [0, 0.05) is 5.56 Å². The number of hydrogen-bond donors (Lipinski definition) is 2. The maximum absolute atomic E-state index is 12.7. The number of aryl methyl sites for hydroxylation is 1. The number of benzene rings is 2. The number of anilines is 2. The molecule has 0 aliphatic heterocycles. The Balaban J connectivity index is 1.81. The average Bonchev–Trinajstić information content (AvgIpc) is 3.11. The first kappa shape index (κ1) is 21.3. The lowest BCUT2D eigenvalue weighted by Gasteiger charge is -2.13. The average molecular weight is 449 g/mol. The van der Waals surface area contributed by atoms with Crippen LogP contribution in [0.15, 0.2) is 51.7 Å². The number of hydrogen-bond acceptors (Lipinski definition) is 7. The Morgan fingerprint density at radius 1 is 1.10 bits per heavy atom. The van der Waals surface area contributed by atoms with Crippen molar-refractivity contribution in [2.75, 3.05) is 15.8 Å². The number of sulfonamides is 1. The number of amides is 1. The van der Waals surface area contributed by atoms with Crippen LogP contribution in [0.1, 0.15) is 28.4 Å². The second-order valence-corrected chi connectivity index (χ2v) is 10.3. The molecule has 0 bridgehead atoms. The molecule has 2 aromatic carbocycles. The fourth-order valence-electron chi connectivity index (χ4n) is 2.52. The predicted octanol–water partition coefficient (Wildman–Crippen LogP) is 4.32. The highest BCUT2D eigenvalue weighted by atomic mass is 32.2. The highest BCUT2D eigenvalue weighted by Crippen LogP contribution is 2.27. The first-order valence-corrected chi connectivity index (χ1v) is 12.1. The number of aromatic nitrogens is 2. The van der Waals surface area contributed by atoms with Crippen molar-refractivity contribution in [1.29, 1.82) is 0 Å². The molecule has 0 aliphatic rings. The molecule has 1 amide bonds. The van der Waals surface area contributed by atoms with E-state index in [9.17, 15) is 13.2 Å². The van der Waals surface area contributed by atoms with E-state index >= 15 is 0 Å². The molecular weight excluding hydrogens is 428 g/mol. The van der Waals surface area contributed by atoms with Gasteiger partial charge in [-0.25, -0.2) is 8.42 Å². The zero-order valence-corrected chi connectivity index (χ0v) is 18.5. The SMILES string of the molecule is CCSc1nnc(NC(=O)c2cccc(NS(=O)(=O)c3ccc(C)cc3)c2C)s1. The minimum absolute atomic E-state index is 0.159. The standard InChI is InChI=1S/C19H20N4O3S3/c1-4-27-19-22-21-18(28-19)20-17(24)15-6-5-7-16(13(15)3)23-29(25,26)14-10-8-12(2)9-11-14/h5-11,23H,4H2,1-3H3,(H,20,21,24). The van der Waals surface area contributed by atoms with Gasteiger partial charge in [0.25, 0.3) is 15.9 Å². The van der Waals surface area contributed by atoms with E-state index in [-0.39, 0.29) is 10.8 Å². The van der Waals surface area contributed by atoms with E-state index < -0.39 is 10.0 Å². The van der Waals surface area contributed by atoms with Gasteiger partial charge in [0.1, 0.15) is 0 Å². The van der Waals surface area contributed by atoms with E-state index in [0.717, 1.165) is 15.7 Å². The number of rotatable bonds is 7. The zero-order chi connectivity index (χ0) is 21.0. The van der Waals surface area contributed by atoms with E-state index in [1.54, 1.807) is 61.2 Å². The molecule has 3 aromatic rings. The summed E-state index contributed by atoms with van der Waals surface area (Å²) in [6.45, 7) is 5.59. The second kappa shape index (κ2) is 8.93. The van der Waals surface area contributed by atoms with Crippen molar-refractivity contribution >= 4 is 49.8 Å². The molecule has 3 rings (SSSR count). The lowest BCUT2D eigenvalue weighted by atomic mass is 10.1. The van der Waals surface area contributed by atoms with Gasteiger partial charge in [-0.05, 0) is 49.4 Å². The fraction of sp³-hybridized carbons (Fsp3) is 0.211. The molecule has 1 aromatic heterocycles. The minimum atomic E-state index is -3.76. The van der Waals surface area contributed by atoms with Crippen molar-refractivity contribution in [2.45, 2.75) is 30.0 Å². The molecular formula is C19H20N4O3S3. The van der Waals surface area contributed by atoms with Crippen LogP contribution in [0.2, 0.25) is 0 Å². The van der Waals surface area contributed by atoms with Crippen LogP contribution in [0.4, 0.5) is 10.8 Å². The normalized spacial score (nSPS) is 11.3. The largest absolute Gasteiger partial charge is 0.296 e. The summed E-state index contributed by atoms with van der Waals surface area (Å²) in [5, 5.41) is 11.1. The Labute approximate surface area is 178 Å². The third-order valence-electron chi connectivity index (χ3n) is 4.05. The van der Waals surface area contributed by atoms with Crippen molar-refractivity contribution < 1.29 is 13.2 Å². The molecule has 7 nitrogen and oxygen atoms in total.